The number of hydrogen-bond donors (Lipinski definition) is 4. The zero-order chi connectivity index (χ0) is 26.7. The first-order chi connectivity index (χ1) is 17.6. The number of halogens is 1. The van der Waals surface area contributed by atoms with E-state index >= 15 is 0 Å². The molecule has 0 radical (unpaired) electrons. The number of benzene rings is 3. The van der Waals surface area contributed by atoms with Gasteiger partial charge in [0.1, 0.15) is 24.1 Å². The quantitative estimate of drug-likeness (QED) is 0.164. The van der Waals surface area contributed by atoms with Crippen molar-refractivity contribution in [3.63, 3.8) is 0 Å². The number of aliphatic hydroxyl groups excluding tert-OH is 1. The van der Waals surface area contributed by atoms with E-state index in [0.29, 0.717) is 44.8 Å². The van der Waals surface area contributed by atoms with Crippen LogP contribution in [-0.4, -0.2) is 35.5 Å². The third kappa shape index (κ3) is 6.12. The van der Waals surface area contributed by atoms with Crippen LogP contribution in [0.4, 0.5) is 23.1 Å². The molecule has 1 unspecified atom stereocenters. The summed E-state index contributed by atoms with van der Waals surface area (Å²) in [6.45, 7) is 5.43. The van der Waals surface area contributed by atoms with E-state index in [-0.39, 0.29) is 0 Å². The summed E-state index contributed by atoms with van der Waals surface area (Å²) in [7, 11) is -0.937. The second kappa shape index (κ2) is 10.9. The van der Waals surface area contributed by atoms with Crippen molar-refractivity contribution >= 4 is 47.2 Å². The van der Waals surface area contributed by atoms with E-state index in [2.05, 4.69) is 20.6 Å². The van der Waals surface area contributed by atoms with Gasteiger partial charge in [-0.2, -0.15) is 4.98 Å². The van der Waals surface area contributed by atoms with E-state index in [4.69, 9.17) is 22.1 Å². The van der Waals surface area contributed by atoms with Crippen molar-refractivity contribution in [2.75, 3.05) is 31.1 Å². The maximum absolute atomic E-state index is 12.8. The van der Waals surface area contributed by atoms with E-state index in [9.17, 15) is 9.67 Å². The molecule has 1 heterocycles. The van der Waals surface area contributed by atoms with E-state index in [1.807, 2.05) is 55.5 Å². The Morgan fingerprint density at radius 3 is 2.41 bits per heavy atom. The number of para-hydroxylation sites is 1. The Labute approximate surface area is 221 Å². The van der Waals surface area contributed by atoms with Gasteiger partial charge in [-0.1, -0.05) is 48.0 Å². The molecule has 10 heteroatoms. The SMILES string of the molecule is COc1cc(-c2ccc(C(N)O)cc2)c(C)cc1Nc1ncc(Cl)c(Nc2ccccc2P(C)(C)=O)n1. The molecule has 0 aliphatic carbocycles. The average Bonchev–Trinajstić information content (AvgIpc) is 2.86. The van der Waals surface area contributed by atoms with Crippen LogP contribution < -0.4 is 26.4 Å². The van der Waals surface area contributed by atoms with Crippen molar-refractivity contribution in [1.82, 2.24) is 9.97 Å². The molecule has 5 N–H and O–H groups in total. The largest absolute Gasteiger partial charge is 0.495 e. The Hall–Kier alpha value is -3.42. The minimum absolute atomic E-state index is 0.312. The fourth-order valence-electron chi connectivity index (χ4n) is 3.94. The number of nitrogens with zero attached hydrogens (tertiary/aromatic N) is 2. The van der Waals surface area contributed by atoms with Gasteiger partial charge in [0.05, 0.1) is 24.7 Å². The van der Waals surface area contributed by atoms with Gasteiger partial charge in [-0.25, -0.2) is 4.98 Å². The number of ether oxygens (including phenoxy) is 1. The summed E-state index contributed by atoms with van der Waals surface area (Å²) in [4.78, 5) is 8.87. The minimum atomic E-state index is -2.53. The summed E-state index contributed by atoms with van der Waals surface area (Å²) in [5.74, 6) is 1.29. The van der Waals surface area contributed by atoms with Crippen LogP contribution in [0.1, 0.15) is 17.4 Å². The van der Waals surface area contributed by atoms with Crippen LogP contribution in [0.2, 0.25) is 5.02 Å². The maximum Gasteiger partial charge on any atom is 0.229 e. The van der Waals surface area contributed by atoms with Crippen LogP contribution in [0.3, 0.4) is 0 Å². The third-order valence-corrected chi connectivity index (χ3v) is 7.66. The predicted molar refractivity (Wildman–Crippen MR) is 151 cm³/mol. The molecule has 0 saturated carbocycles. The van der Waals surface area contributed by atoms with Gasteiger partial charge < -0.3 is 30.8 Å². The molecule has 0 saturated heterocycles. The smallest absolute Gasteiger partial charge is 0.229 e. The number of anilines is 4. The molecule has 4 aromatic rings. The number of nitrogens with one attached hydrogen (secondary N) is 2. The van der Waals surface area contributed by atoms with Crippen molar-refractivity contribution in [3.05, 3.63) is 83.0 Å². The van der Waals surface area contributed by atoms with E-state index < -0.39 is 13.4 Å². The molecule has 1 aromatic heterocycles. The molecule has 4 rings (SSSR count). The first kappa shape index (κ1) is 26.6. The van der Waals surface area contributed by atoms with Gasteiger partial charge in [0.2, 0.25) is 5.95 Å². The van der Waals surface area contributed by atoms with Gasteiger partial charge in [0.15, 0.2) is 5.82 Å². The minimum Gasteiger partial charge on any atom is -0.495 e. The molecule has 0 bridgehead atoms. The van der Waals surface area contributed by atoms with Crippen LogP contribution in [0.5, 0.6) is 5.75 Å². The summed E-state index contributed by atoms with van der Waals surface area (Å²) in [6.07, 6.45) is 0.484. The standard InChI is InChI=1S/C27H29ClN5O3P/c1-16-13-22(23(36-2)14-19(16)17-9-11-18(12-10-17)25(29)34)32-27-30-15-20(28)26(33-27)31-21-7-5-6-8-24(21)37(3,4)35/h5-15,25,34H,29H2,1-4H3,(H2,30,31,32,33). The lowest BCUT2D eigenvalue weighted by molar-refractivity contribution is 0.186. The Morgan fingerprint density at radius 1 is 1.05 bits per heavy atom. The molecule has 0 aliphatic rings. The number of methoxy groups -OCH3 is 1. The molecular weight excluding hydrogens is 509 g/mol. The number of nitrogens with two attached hydrogens (primary N) is 1. The summed E-state index contributed by atoms with van der Waals surface area (Å²) in [5, 5.41) is 17.0. The highest BCUT2D eigenvalue weighted by molar-refractivity contribution is 7.70. The molecule has 192 valence electrons. The summed E-state index contributed by atoms with van der Waals surface area (Å²) in [5.41, 5.74) is 10.5. The lowest BCUT2D eigenvalue weighted by Gasteiger charge is -2.17. The fourth-order valence-corrected chi connectivity index (χ4v) is 5.23. The van der Waals surface area contributed by atoms with Crippen LogP contribution in [0.15, 0.2) is 66.9 Å². The zero-order valence-corrected chi connectivity index (χ0v) is 22.6. The summed E-state index contributed by atoms with van der Waals surface area (Å²) >= 11 is 6.39. The highest BCUT2D eigenvalue weighted by Gasteiger charge is 2.18. The molecular formula is C27H29ClN5O3P. The molecule has 37 heavy (non-hydrogen) atoms. The molecule has 1 atom stereocenters. The molecule has 8 nitrogen and oxygen atoms in total. The Balaban J connectivity index is 1.64. The first-order valence-electron chi connectivity index (χ1n) is 11.5. The van der Waals surface area contributed by atoms with Crippen molar-refractivity contribution in [2.45, 2.75) is 13.2 Å². The molecule has 0 fully saturated rings. The van der Waals surface area contributed by atoms with Crippen LogP contribution >= 0.6 is 18.7 Å². The molecule has 0 spiro atoms. The highest BCUT2D eigenvalue weighted by Crippen LogP contribution is 2.39. The van der Waals surface area contributed by atoms with Crippen LogP contribution in [0, 0.1) is 6.92 Å². The van der Waals surface area contributed by atoms with Gasteiger partial charge in [0.25, 0.3) is 0 Å². The monoisotopic (exact) mass is 537 g/mol. The van der Waals surface area contributed by atoms with Crippen molar-refractivity contribution in [3.8, 4) is 16.9 Å². The Kier molecular flexibility index (Phi) is 7.85. The van der Waals surface area contributed by atoms with Crippen LogP contribution in [-0.2, 0) is 4.57 Å². The Bertz CT molecular complexity index is 1470. The maximum atomic E-state index is 12.8. The molecule has 0 amide bonds. The topological polar surface area (TPSA) is 122 Å². The van der Waals surface area contributed by atoms with Crippen LogP contribution in [0.25, 0.3) is 11.1 Å². The lowest BCUT2D eigenvalue weighted by atomic mass is 9.98. The second-order valence-electron chi connectivity index (χ2n) is 8.94. The summed E-state index contributed by atoms with van der Waals surface area (Å²) in [6, 6.07) is 18.7. The lowest BCUT2D eigenvalue weighted by Crippen LogP contribution is -2.11. The number of aliphatic hydroxyl groups is 1. The zero-order valence-electron chi connectivity index (χ0n) is 21.0. The first-order valence-corrected chi connectivity index (χ1v) is 14.5. The van der Waals surface area contributed by atoms with Gasteiger partial charge in [0, 0.05) is 5.30 Å². The third-order valence-electron chi connectivity index (χ3n) is 5.84. The van der Waals surface area contributed by atoms with Crippen molar-refractivity contribution in [2.24, 2.45) is 5.73 Å². The fraction of sp³-hybridized carbons (Fsp3) is 0.185. The summed E-state index contributed by atoms with van der Waals surface area (Å²) < 4.78 is 18.4. The average molecular weight is 538 g/mol. The molecule has 0 aliphatic heterocycles. The van der Waals surface area contributed by atoms with E-state index in [1.54, 1.807) is 32.6 Å². The predicted octanol–water partition coefficient (Wildman–Crippen LogP) is 5.80. The number of hydrogen-bond acceptors (Lipinski definition) is 8. The van der Waals surface area contributed by atoms with Crippen molar-refractivity contribution < 1.29 is 14.4 Å². The normalized spacial score (nSPS) is 12.2. The molecule has 3 aromatic carbocycles. The number of rotatable bonds is 8. The Morgan fingerprint density at radius 2 is 1.76 bits per heavy atom. The van der Waals surface area contributed by atoms with Gasteiger partial charge >= 0.3 is 0 Å². The second-order valence-corrected chi connectivity index (χ2v) is 12.5. The van der Waals surface area contributed by atoms with Gasteiger partial charge in [-0.3, -0.25) is 0 Å². The highest BCUT2D eigenvalue weighted by atomic mass is 35.5. The van der Waals surface area contributed by atoms with Gasteiger partial charge in [-0.15, -0.1) is 0 Å². The number of aryl methyl sites for hydroxylation is 1. The van der Waals surface area contributed by atoms with Crippen molar-refractivity contribution in [1.29, 1.82) is 0 Å². The van der Waals surface area contributed by atoms with E-state index in [1.165, 1.54) is 6.20 Å². The number of aromatic nitrogens is 2. The van der Waals surface area contributed by atoms with E-state index in [0.717, 1.165) is 16.7 Å². The van der Waals surface area contributed by atoms with Gasteiger partial charge in [-0.05, 0) is 66.8 Å².